The Balaban J connectivity index is 1.51. The predicted molar refractivity (Wildman–Crippen MR) is 179 cm³/mol. The molecule has 2 aliphatic rings. The Morgan fingerprint density at radius 3 is 2.59 bits per heavy atom. The Morgan fingerprint density at radius 2 is 1.83 bits per heavy atom. The number of aliphatic imine (C=N–C) groups is 1. The average molecular weight is 623 g/mol. The molecule has 1 saturated carbocycles. The van der Waals surface area contributed by atoms with Crippen molar-refractivity contribution >= 4 is 17.9 Å². The molecular formula is C36H42N6O4. The highest BCUT2D eigenvalue weighted by atomic mass is 16.5. The minimum Gasteiger partial charge on any atom is -0.494 e. The largest absolute Gasteiger partial charge is 0.494 e. The number of carbonyl (C=O) groups excluding carboxylic acids is 1. The normalized spacial score (nSPS) is 19.7. The quantitative estimate of drug-likeness (QED) is 0.0561. The molecule has 1 heterocycles. The van der Waals surface area contributed by atoms with Crippen LogP contribution in [-0.2, 0) is 16.1 Å². The zero-order valence-electron chi connectivity index (χ0n) is 26.1. The average Bonchev–Trinajstić information content (AvgIpc) is 3.49. The van der Waals surface area contributed by atoms with Gasteiger partial charge in [0.2, 0.25) is 5.90 Å². The van der Waals surface area contributed by atoms with Crippen LogP contribution in [0.2, 0.25) is 0 Å². The summed E-state index contributed by atoms with van der Waals surface area (Å²) in [6.07, 6.45) is 9.93. The van der Waals surface area contributed by atoms with Gasteiger partial charge in [0.1, 0.15) is 5.75 Å². The summed E-state index contributed by atoms with van der Waals surface area (Å²) in [6, 6.07) is 24.8. The molecule has 46 heavy (non-hydrogen) atoms. The van der Waals surface area contributed by atoms with Gasteiger partial charge >= 0.3 is 0 Å². The molecule has 2 atom stereocenters. The Hall–Kier alpha value is -4.63. The van der Waals surface area contributed by atoms with E-state index in [0.717, 1.165) is 29.5 Å². The van der Waals surface area contributed by atoms with Gasteiger partial charge in [-0.25, -0.2) is 10.4 Å². The molecule has 5 rings (SSSR count). The second kappa shape index (κ2) is 16.6. The van der Waals surface area contributed by atoms with Crippen molar-refractivity contribution in [2.45, 2.75) is 63.1 Å². The molecule has 0 spiro atoms. The van der Waals surface area contributed by atoms with Crippen molar-refractivity contribution in [3.05, 3.63) is 118 Å². The van der Waals surface area contributed by atoms with Gasteiger partial charge in [-0.2, -0.15) is 0 Å². The van der Waals surface area contributed by atoms with Crippen LogP contribution < -0.4 is 15.6 Å². The molecule has 1 aliphatic heterocycles. The lowest BCUT2D eigenvalue weighted by atomic mass is 9.82. The molecule has 1 amide bonds. The summed E-state index contributed by atoms with van der Waals surface area (Å²) < 4.78 is 12.4. The highest BCUT2D eigenvalue weighted by Gasteiger charge is 2.53. The van der Waals surface area contributed by atoms with Crippen molar-refractivity contribution in [3.8, 4) is 5.75 Å². The molecule has 0 saturated heterocycles. The monoisotopic (exact) mass is 622 g/mol. The van der Waals surface area contributed by atoms with Crippen LogP contribution in [0.4, 0.5) is 0 Å². The smallest absolute Gasteiger partial charge is 0.266 e. The summed E-state index contributed by atoms with van der Waals surface area (Å²) in [5, 5.41) is 12.9. The summed E-state index contributed by atoms with van der Waals surface area (Å²) in [5.41, 5.74) is 17.1. The first-order chi connectivity index (χ1) is 22.6. The minimum absolute atomic E-state index is 0.0592. The van der Waals surface area contributed by atoms with E-state index in [0.29, 0.717) is 42.7 Å². The van der Waals surface area contributed by atoms with Crippen LogP contribution >= 0.6 is 0 Å². The number of hydrogen-bond donors (Lipinski definition) is 3. The van der Waals surface area contributed by atoms with E-state index in [4.69, 9.17) is 25.1 Å². The molecular weight excluding hydrogens is 580 g/mol. The second-order valence-corrected chi connectivity index (χ2v) is 11.7. The van der Waals surface area contributed by atoms with Crippen LogP contribution in [0.15, 0.2) is 95.0 Å². The third-order valence-electron chi connectivity index (χ3n) is 8.53. The maximum Gasteiger partial charge on any atom is 0.266 e. The maximum absolute atomic E-state index is 14.4. The topological polar surface area (TPSA) is 141 Å². The lowest BCUT2D eigenvalue weighted by molar-refractivity contribution is -0.130. The zero-order chi connectivity index (χ0) is 32.0. The van der Waals surface area contributed by atoms with Gasteiger partial charge in [-0.1, -0.05) is 91.1 Å². The molecule has 10 nitrogen and oxygen atoms in total. The van der Waals surface area contributed by atoms with Gasteiger partial charge in [-0.15, -0.1) is 0 Å². The van der Waals surface area contributed by atoms with Crippen LogP contribution in [-0.4, -0.2) is 42.2 Å². The van der Waals surface area contributed by atoms with Crippen LogP contribution in [0.1, 0.15) is 73.3 Å². The summed E-state index contributed by atoms with van der Waals surface area (Å²) in [6.45, 7) is 1.26. The first-order valence-electron chi connectivity index (χ1n) is 16.1. The van der Waals surface area contributed by atoms with Crippen molar-refractivity contribution in [2.75, 3.05) is 19.8 Å². The van der Waals surface area contributed by atoms with Crippen molar-refractivity contribution < 1.29 is 19.4 Å². The third-order valence-corrected chi connectivity index (χ3v) is 8.53. The van der Waals surface area contributed by atoms with E-state index in [1.54, 1.807) is 0 Å². The Morgan fingerprint density at radius 1 is 1.07 bits per heavy atom. The van der Waals surface area contributed by atoms with Crippen LogP contribution in [0.25, 0.3) is 16.5 Å². The number of aliphatic hydroxyl groups excluding tert-OH is 1. The van der Waals surface area contributed by atoms with Gasteiger partial charge in [-0.3, -0.25) is 10.2 Å². The van der Waals surface area contributed by atoms with Crippen molar-refractivity contribution in [3.63, 3.8) is 0 Å². The molecule has 1 fully saturated rings. The number of azide groups is 1. The SMILES string of the molecule is [N-]=[N+]=NCc1ccccc1[C@@H]1OC(c2ccc(OCCCO)cc2)=N[C@]1(C/C=C/c1ccccc1)C(=O)NNCC1CCCCC1. The highest BCUT2D eigenvalue weighted by molar-refractivity contribution is 6.01. The number of benzene rings is 3. The number of nitrogens with zero attached hydrogens (tertiary/aromatic N) is 4. The number of hydrogen-bond acceptors (Lipinski definition) is 7. The summed E-state index contributed by atoms with van der Waals surface area (Å²) in [7, 11) is 0. The maximum atomic E-state index is 14.4. The van der Waals surface area contributed by atoms with E-state index in [1.807, 2.05) is 91.0 Å². The van der Waals surface area contributed by atoms with E-state index in [9.17, 15) is 4.79 Å². The minimum atomic E-state index is -1.37. The lowest BCUT2D eigenvalue weighted by Crippen LogP contribution is -2.53. The van der Waals surface area contributed by atoms with Crippen molar-refractivity contribution in [2.24, 2.45) is 16.0 Å². The highest BCUT2D eigenvalue weighted by Crippen LogP contribution is 2.44. The molecule has 10 heteroatoms. The molecule has 3 N–H and O–H groups in total. The van der Waals surface area contributed by atoms with E-state index < -0.39 is 11.6 Å². The van der Waals surface area contributed by atoms with Crippen molar-refractivity contribution in [1.82, 2.24) is 10.9 Å². The number of aliphatic hydroxyl groups is 1. The zero-order valence-corrected chi connectivity index (χ0v) is 26.1. The first kappa shape index (κ1) is 32.8. The van der Waals surface area contributed by atoms with Crippen LogP contribution in [0, 0.1) is 5.92 Å². The molecule has 0 radical (unpaired) electrons. The Bertz CT molecular complexity index is 1530. The predicted octanol–water partition coefficient (Wildman–Crippen LogP) is 6.82. The van der Waals surface area contributed by atoms with E-state index in [1.165, 1.54) is 19.3 Å². The molecule has 0 bridgehead atoms. The second-order valence-electron chi connectivity index (χ2n) is 11.7. The number of nitrogens with one attached hydrogen (secondary N) is 2. The number of hydrazine groups is 1. The summed E-state index contributed by atoms with van der Waals surface area (Å²) >= 11 is 0. The fourth-order valence-corrected chi connectivity index (χ4v) is 6.05. The third kappa shape index (κ3) is 8.34. The number of rotatable bonds is 15. The molecule has 0 unspecified atom stereocenters. The number of carbonyl (C=O) groups is 1. The summed E-state index contributed by atoms with van der Waals surface area (Å²) in [4.78, 5) is 22.5. The number of amides is 1. The molecule has 240 valence electrons. The lowest BCUT2D eigenvalue weighted by Gasteiger charge is -2.31. The van der Waals surface area contributed by atoms with E-state index >= 15 is 0 Å². The number of ether oxygens (including phenoxy) is 2. The van der Waals surface area contributed by atoms with Crippen LogP contribution in [0.5, 0.6) is 5.75 Å². The molecule has 0 aromatic heterocycles. The molecule has 3 aromatic rings. The van der Waals surface area contributed by atoms with Crippen LogP contribution in [0.3, 0.4) is 0 Å². The standard InChI is InChI=1S/C36H42N6O4/c37-42-39-26-30-16-7-8-17-32(30)33-36(22-9-15-27-11-3-1-4-12-27,35(44)41-38-25-28-13-5-2-6-14-28)40-34(46-33)29-18-20-31(21-19-29)45-24-10-23-43/h1,3-4,7-9,11-12,15-21,28,33,38,43H,2,5-6,10,13-14,22-26H2,(H,41,44)/b15-9+/t33-,36-/m0/s1. The van der Waals surface area contributed by atoms with Gasteiger partial charge in [0.15, 0.2) is 11.6 Å². The first-order valence-corrected chi connectivity index (χ1v) is 16.1. The molecule has 1 aliphatic carbocycles. The van der Waals surface area contributed by atoms with Gasteiger partial charge in [0.05, 0.1) is 13.2 Å². The fourth-order valence-electron chi connectivity index (χ4n) is 6.05. The van der Waals surface area contributed by atoms with Gasteiger partial charge in [0.25, 0.3) is 5.91 Å². The fraction of sp³-hybridized carbons (Fsp3) is 0.389. The Labute approximate surface area is 270 Å². The van der Waals surface area contributed by atoms with Gasteiger partial charge in [-0.05, 0) is 65.2 Å². The molecule has 3 aromatic carbocycles. The van der Waals surface area contributed by atoms with Crippen molar-refractivity contribution in [1.29, 1.82) is 0 Å². The van der Waals surface area contributed by atoms with Gasteiger partial charge < -0.3 is 14.6 Å². The van der Waals surface area contributed by atoms with E-state index in [-0.39, 0.29) is 25.5 Å². The van der Waals surface area contributed by atoms with E-state index in [2.05, 4.69) is 20.9 Å². The summed E-state index contributed by atoms with van der Waals surface area (Å²) in [5.74, 6) is 1.21. The Kier molecular flexibility index (Phi) is 11.8. The van der Waals surface area contributed by atoms with Gasteiger partial charge in [0, 0.05) is 36.5 Å².